The van der Waals surface area contributed by atoms with Gasteiger partial charge in [-0.3, -0.25) is 4.79 Å². The molecule has 0 saturated carbocycles. The number of aromatic nitrogens is 3. The van der Waals surface area contributed by atoms with E-state index in [1.807, 2.05) is 0 Å². The number of hydrogen-bond acceptors (Lipinski definition) is 8. The summed E-state index contributed by atoms with van der Waals surface area (Å²) in [4.78, 5) is 29.1. The lowest BCUT2D eigenvalue weighted by atomic mass is 10.2. The van der Waals surface area contributed by atoms with Gasteiger partial charge in [-0.1, -0.05) is 17.3 Å². The van der Waals surface area contributed by atoms with Gasteiger partial charge in [0, 0.05) is 11.8 Å². The zero-order valence-electron chi connectivity index (χ0n) is 18.8. The van der Waals surface area contributed by atoms with Gasteiger partial charge < -0.3 is 28.6 Å². The summed E-state index contributed by atoms with van der Waals surface area (Å²) in [6.07, 6.45) is 1.72. The molecular formula is C24H22N4O6. The summed E-state index contributed by atoms with van der Waals surface area (Å²) >= 11 is 0. The van der Waals surface area contributed by atoms with Crippen molar-refractivity contribution in [2.24, 2.45) is 0 Å². The average Bonchev–Trinajstić information content (AvgIpc) is 3.53. The monoisotopic (exact) mass is 462 g/mol. The van der Waals surface area contributed by atoms with Crippen LogP contribution >= 0.6 is 0 Å². The van der Waals surface area contributed by atoms with E-state index in [0.717, 1.165) is 0 Å². The molecule has 174 valence electrons. The molecule has 2 aromatic heterocycles. The largest absolute Gasteiger partial charge is 0.493 e. The molecule has 0 unspecified atom stereocenters. The molecule has 0 saturated heterocycles. The standard InChI is InChI=1S/C24H22N4O6/c1-31-19-11-10-15(13-20(19)32-2)22-26-23(34-27-22)18-9-6-12-28(18)14-21(29)25-17-8-5-4-7-16(17)24(30)33-3/h4-13H,14H2,1-3H3,(H,25,29). The minimum absolute atomic E-state index is 0.0358. The van der Waals surface area contributed by atoms with Gasteiger partial charge in [0.1, 0.15) is 12.2 Å². The number of anilines is 1. The van der Waals surface area contributed by atoms with Crippen LogP contribution in [0.25, 0.3) is 23.0 Å². The maximum Gasteiger partial charge on any atom is 0.339 e. The number of carbonyl (C=O) groups is 2. The fourth-order valence-corrected chi connectivity index (χ4v) is 3.39. The van der Waals surface area contributed by atoms with Gasteiger partial charge in [0.05, 0.1) is 32.6 Å². The lowest BCUT2D eigenvalue weighted by molar-refractivity contribution is -0.116. The predicted octanol–water partition coefficient (Wildman–Crippen LogP) is 3.65. The van der Waals surface area contributed by atoms with E-state index in [0.29, 0.717) is 34.3 Å². The van der Waals surface area contributed by atoms with Gasteiger partial charge in [0.25, 0.3) is 5.89 Å². The van der Waals surface area contributed by atoms with Crippen molar-refractivity contribution in [2.75, 3.05) is 26.6 Å². The number of ether oxygens (including phenoxy) is 3. The number of nitrogens with one attached hydrogen (secondary N) is 1. The molecule has 2 aromatic carbocycles. The van der Waals surface area contributed by atoms with Gasteiger partial charge in [0.15, 0.2) is 11.5 Å². The van der Waals surface area contributed by atoms with Crippen LogP contribution in [0.3, 0.4) is 0 Å². The number of carbonyl (C=O) groups excluding carboxylic acids is 2. The van der Waals surface area contributed by atoms with Gasteiger partial charge in [-0.15, -0.1) is 0 Å². The van der Waals surface area contributed by atoms with Crippen molar-refractivity contribution in [3.05, 3.63) is 66.4 Å². The molecule has 2 heterocycles. The number of nitrogens with zero attached hydrogens (tertiary/aromatic N) is 3. The summed E-state index contributed by atoms with van der Waals surface area (Å²) in [6, 6.07) is 15.5. The SMILES string of the molecule is COC(=O)c1ccccc1NC(=O)Cn1cccc1-c1nc(-c2ccc(OC)c(OC)c2)no1. The van der Waals surface area contributed by atoms with Crippen LogP contribution in [0, 0.1) is 0 Å². The summed E-state index contributed by atoms with van der Waals surface area (Å²) < 4.78 is 22.5. The molecule has 0 aliphatic heterocycles. The normalized spacial score (nSPS) is 10.6. The smallest absolute Gasteiger partial charge is 0.339 e. The van der Waals surface area contributed by atoms with Crippen molar-refractivity contribution in [1.29, 1.82) is 0 Å². The third-order valence-corrected chi connectivity index (χ3v) is 5.04. The first-order chi connectivity index (χ1) is 16.5. The van der Waals surface area contributed by atoms with Crippen molar-refractivity contribution >= 4 is 17.6 Å². The first kappa shape index (κ1) is 22.6. The molecule has 10 heteroatoms. The lowest BCUT2D eigenvalue weighted by Gasteiger charge is -2.11. The van der Waals surface area contributed by atoms with Crippen molar-refractivity contribution in [1.82, 2.24) is 14.7 Å². The molecule has 0 aliphatic carbocycles. The van der Waals surface area contributed by atoms with Crippen LogP contribution in [0.5, 0.6) is 11.5 Å². The Labute approximate surface area is 195 Å². The van der Waals surface area contributed by atoms with Crippen LogP contribution < -0.4 is 14.8 Å². The summed E-state index contributed by atoms with van der Waals surface area (Å²) in [7, 11) is 4.39. The van der Waals surface area contributed by atoms with Crippen LogP contribution in [0.15, 0.2) is 65.3 Å². The Morgan fingerprint density at radius 1 is 1.00 bits per heavy atom. The van der Waals surface area contributed by atoms with Crippen molar-refractivity contribution in [2.45, 2.75) is 6.54 Å². The van der Waals surface area contributed by atoms with E-state index in [-0.39, 0.29) is 23.9 Å². The van der Waals surface area contributed by atoms with Crippen LogP contribution in [0.4, 0.5) is 5.69 Å². The maximum absolute atomic E-state index is 12.7. The third kappa shape index (κ3) is 4.60. The second-order valence-corrected chi connectivity index (χ2v) is 7.10. The van der Waals surface area contributed by atoms with E-state index < -0.39 is 5.97 Å². The fourth-order valence-electron chi connectivity index (χ4n) is 3.39. The number of esters is 1. The molecule has 10 nitrogen and oxygen atoms in total. The zero-order chi connectivity index (χ0) is 24.1. The Bertz CT molecular complexity index is 1330. The van der Waals surface area contributed by atoms with Crippen LogP contribution in [-0.2, 0) is 16.1 Å². The molecule has 0 spiro atoms. The Morgan fingerprint density at radius 2 is 1.79 bits per heavy atom. The second-order valence-electron chi connectivity index (χ2n) is 7.10. The molecule has 0 atom stereocenters. The minimum Gasteiger partial charge on any atom is -0.493 e. The van der Waals surface area contributed by atoms with E-state index >= 15 is 0 Å². The van der Waals surface area contributed by atoms with Gasteiger partial charge in [-0.25, -0.2) is 4.79 Å². The molecule has 0 radical (unpaired) electrons. The average molecular weight is 462 g/mol. The molecule has 1 N–H and O–H groups in total. The summed E-state index contributed by atoms with van der Waals surface area (Å²) in [6.45, 7) is -0.0358. The molecule has 0 fully saturated rings. The summed E-state index contributed by atoms with van der Waals surface area (Å²) in [5.74, 6) is 0.861. The summed E-state index contributed by atoms with van der Waals surface area (Å²) in [5.41, 5.74) is 1.88. The molecule has 34 heavy (non-hydrogen) atoms. The number of amides is 1. The van der Waals surface area contributed by atoms with Gasteiger partial charge in [-0.2, -0.15) is 4.98 Å². The van der Waals surface area contributed by atoms with E-state index in [9.17, 15) is 9.59 Å². The van der Waals surface area contributed by atoms with Crippen molar-refractivity contribution in [3.63, 3.8) is 0 Å². The first-order valence-electron chi connectivity index (χ1n) is 10.2. The van der Waals surface area contributed by atoms with Gasteiger partial charge in [0.2, 0.25) is 11.7 Å². The summed E-state index contributed by atoms with van der Waals surface area (Å²) in [5, 5.41) is 6.80. The minimum atomic E-state index is -0.536. The Hall–Kier alpha value is -4.60. The second kappa shape index (κ2) is 9.90. The van der Waals surface area contributed by atoms with E-state index in [1.54, 1.807) is 79.6 Å². The van der Waals surface area contributed by atoms with Crippen molar-refractivity contribution < 1.29 is 28.3 Å². The Balaban J connectivity index is 1.53. The molecule has 0 bridgehead atoms. The molecule has 0 aliphatic rings. The highest BCUT2D eigenvalue weighted by Crippen LogP contribution is 2.32. The number of methoxy groups -OCH3 is 3. The van der Waals surface area contributed by atoms with E-state index in [2.05, 4.69) is 15.5 Å². The Morgan fingerprint density at radius 3 is 2.56 bits per heavy atom. The molecule has 4 rings (SSSR count). The molecule has 1 amide bonds. The Kier molecular flexibility index (Phi) is 6.58. The highest BCUT2D eigenvalue weighted by molar-refractivity contribution is 6.01. The van der Waals surface area contributed by atoms with Gasteiger partial charge in [-0.05, 0) is 42.5 Å². The fraction of sp³-hybridized carbons (Fsp3) is 0.167. The molecule has 4 aromatic rings. The van der Waals surface area contributed by atoms with Crippen LogP contribution in [0.1, 0.15) is 10.4 Å². The topological polar surface area (TPSA) is 118 Å². The number of rotatable bonds is 8. The highest BCUT2D eigenvalue weighted by atomic mass is 16.5. The maximum atomic E-state index is 12.7. The highest BCUT2D eigenvalue weighted by Gasteiger charge is 2.18. The molecular weight excluding hydrogens is 440 g/mol. The number of para-hydroxylation sites is 1. The number of hydrogen-bond donors (Lipinski definition) is 1. The van der Waals surface area contributed by atoms with Crippen molar-refractivity contribution in [3.8, 4) is 34.5 Å². The zero-order valence-corrected chi connectivity index (χ0v) is 18.8. The lowest BCUT2D eigenvalue weighted by Crippen LogP contribution is -2.20. The van der Waals surface area contributed by atoms with E-state index in [4.69, 9.17) is 18.7 Å². The van der Waals surface area contributed by atoms with Gasteiger partial charge >= 0.3 is 5.97 Å². The first-order valence-corrected chi connectivity index (χ1v) is 10.2. The van der Waals surface area contributed by atoms with E-state index in [1.165, 1.54) is 7.11 Å². The van der Waals surface area contributed by atoms with Crippen LogP contribution in [0.2, 0.25) is 0 Å². The van der Waals surface area contributed by atoms with Crippen LogP contribution in [-0.4, -0.2) is 47.9 Å². The number of benzene rings is 2. The quantitative estimate of drug-likeness (QED) is 0.394. The predicted molar refractivity (Wildman–Crippen MR) is 123 cm³/mol. The third-order valence-electron chi connectivity index (χ3n) is 5.04.